The molecule has 0 amide bonds. The zero-order valence-corrected chi connectivity index (χ0v) is 6.99. The van der Waals surface area contributed by atoms with E-state index in [0.29, 0.717) is 0 Å². The highest BCUT2D eigenvalue weighted by Crippen LogP contribution is 2.51. The van der Waals surface area contributed by atoms with Crippen LogP contribution in [0.2, 0.25) is 0 Å². The molecule has 1 saturated carbocycles. The molecule has 0 N–H and O–H groups in total. The molecule has 3 rings (SSSR count). The maximum Gasteiger partial charge on any atom is 0.0645 e. The summed E-state index contributed by atoms with van der Waals surface area (Å²) in [4.78, 5) is 2.62. The van der Waals surface area contributed by atoms with Gasteiger partial charge in [-0.25, -0.2) is 0 Å². The first-order chi connectivity index (χ1) is 5.36. The monoisotopic (exact) mass is 153 g/mol. The summed E-state index contributed by atoms with van der Waals surface area (Å²) in [7, 11) is 0. The second-order valence-corrected chi connectivity index (χ2v) is 4.33. The Balaban J connectivity index is 1.60. The molecule has 2 aliphatic heterocycles. The van der Waals surface area contributed by atoms with Gasteiger partial charge in [-0.3, -0.25) is 4.90 Å². The summed E-state index contributed by atoms with van der Waals surface area (Å²) in [6.07, 6.45) is 0. The minimum Gasteiger partial charge on any atom is -0.378 e. The molecule has 3 fully saturated rings. The summed E-state index contributed by atoms with van der Waals surface area (Å²) in [6.45, 7) is 7.10. The number of fused-ring (bicyclic) bond motifs is 1. The lowest BCUT2D eigenvalue weighted by atomic mass is 10.2. The van der Waals surface area contributed by atoms with Gasteiger partial charge in [0.1, 0.15) is 0 Å². The molecular weight excluding hydrogens is 138 g/mol. The first-order valence-corrected chi connectivity index (χ1v) is 4.68. The Labute approximate surface area is 67.5 Å². The summed E-state index contributed by atoms with van der Waals surface area (Å²) in [5.74, 6) is 3.14. The smallest absolute Gasteiger partial charge is 0.0645 e. The molecule has 2 heterocycles. The minimum absolute atomic E-state index is 0.787. The SMILES string of the molecule is C[C@H]1C2CN(C3COC3)C[C@@H]21. The van der Waals surface area contributed by atoms with E-state index in [0.717, 1.165) is 37.0 Å². The van der Waals surface area contributed by atoms with Gasteiger partial charge >= 0.3 is 0 Å². The summed E-state index contributed by atoms with van der Waals surface area (Å²) in [5.41, 5.74) is 0. The van der Waals surface area contributed by atoms with Gasteiger partial charge in [-0.15, -0.1) is 0 Å². The van der Waals surface area contributed by atoms with Crippen LogP contribution in [0.25, 0.3) is 0 Å². The number of nitrogens with zero attached hydrogens (tertiary/aromatic N) is 1. The number of hydrogen-bond acceptors (Lipinski definition) is 2. The number of piperidine rings is 1. The Bertz CT molecular complexity index is 166. The molecule has 2 saturated heterocycles. The van der Waals surface area contributed by atoms with E-state index in [1.165, 1.54) is 13.1 Å². The van der Waals surface area contributed by atoms with Gasteiger partial charge in [0, 0.05) is 13.1 Å². The Morgan fingerprint density at radius 1 is 1.18 bits per heavy atom. The van der Waals surface area contributed by atoms with Crippen molar-refractivity contribution in [2.45, 2.75) is 13.0 Å². The third-order valence-corrected chi connectivity index (χ3v) is 3.79. The lowest BCUT2D eigenvalue weighted by Gasteiger charge is -2.35. The van der Waals surface area contributed by atoms with E-state index in [9.17, 15) is 0 Å². The van der Waals surface area contributed by atoms with Crippen molar-refractivity contribution in [3.05, 3.63) is 0 Å². The average molecular weight is 153 g/mol. The number of hydrogen-bond donors (Lipinski definition) is 0. The summed E-state index contributed by atoms with van der Waals surface area (Å²) < 4.78 is 5.18. The highest BCUT2D eigenvalue weighted by atomic mass is 16.5. The molecule has 1 unspecified atom stereocenters. The van der Waals surface area contributed by atoms with E-state index >= 15 is 0 Å². The van der Waals surface area contributed by atoms with E-state index in [1.807, 2.05) is 0 Å². The predicted octanol–water partition coefficient (Wildman–Crippen LogP) is 0.583. The molecule has 3 aliphatic rings. The number of likely N-dealkylation sites (tertiary alicyclic amines) is 1. The topological polar surface area (TPSA) is 12.5 Å². The molecular formula is C9H15NO. The van der Waals surface area contributed by atoms with E-state index in [1.54, 1.807) is 0 Å². The first-order valence-electron chi connectivity index (χ1n) is 4.68. The van der Waals surface area contributed by atoms with Gasteiger partial charge in [0.05, 0.1) is 19.3 Å². The maximum absolute atomic E-state index is 5.18. The molecule has 2 heteroatoms. The van der Waals surface area contributed by atoms with Crippen molar-refractivity contribution in [3.63, 3.8) is 0 Å². The molecule has 0 aromatic carbocycles. The van der Waals surface area contributed by atoms with Gasteiger partial charge in [-0.2, -0.15) is 0 Å². The Morgan fingerprint density at radius 2 is 1.82 bits per heavy atom. The van der Waals surface area contributed by atoms with Gasteiger partial charge in [-0.1, -0.05) is 6.92 Å². The van der Waals surface area contributed by atoms with Crippen LogP contribution in [-0.4, -0.2) is 37.2 Å². The van der Waals surface area contributed by atoms with Gasteiger partial charge < -0.3 is 4.74 Å². The van der Waals surface area contributed by atoms with Crippen molar-refractivity contribution in [2.75, 3.05) is 26.3 Å². The largest absolute Gasteiger partial charge is 0.378 e. The molecule has 11 heavy (non-hydrogen) atoms. The lowest BCUT2D eigenvalue weighted by molar-refractivity contribution is -0.0615. The summed E-state index contributed by atoms with van der Waals surface area (Å²) >= 11 is 0. The minimum atomic E-state index is 0.787. The summed E-state index contributed by atoms with van der Waals surface area (Å²) in [6, 6.07) is 0.787. The van der Waals surface area contributed by atoms with Gasteiger partial charge in [0.2, 0.25) is 0 Å². The van der Waals surface area contributed by atoms with Crippen LogP contribution in [-0.2, 0) is 4.74 Å². The normalized spacial score (nSPS) is 50.5. The number of rotatable bonds is 1. The molecule has 0 spiro atoms. The van der Waals surface area contributed by atoms with Crippen molar-refractivity contribution < 1.29 is 4.74 Å². The van der Waals surface area contributed by atoms with E-state index in [-0.39, 0.29) is 0 Å². The van der Waals surface area contributed by atoms with Gasteiger partial charge in [0.25, 0.3) is 0 Å². The highest BCUT2D eigenvalue weighted by Gasteiger charge is 2.54. The fraction of sp³-hybridized carbons (Fsp3) is 1.00. The van der Waals surface area contributed by atoms with Crippen LogP contribution in [0, 0.1) is 17.8 Å². The van der Waals surface area contributed by atoms with Crippen LogP contribution in [0.15, 0.2) is 0 Å². The van der Waals surface area contributed by atoms with Crippen molar-refractivity contribution in [1.82, 2.24) is 4.90 Å². The van der Waals surface area contributed by atoms with Crippen molar-refractivity contribution >= 4 is 0 Å². The second-order valence-electron chi connectivity index (χ2n) is 4.33. The highest BCUT2D eigenvalue weighted by molar-refractivity contribution is 5.04. The molecule has 2 nitrogen and oxygen atoms in total. The van der Waals surface area contributed by atoms with Crippen LogP contribution in [0.4, 0.5) is 0 Å². The fourth-order valence-corrected chi connectivity index (χ4v) is 2.59. The van der Waals surface area contributed by atoms with Crippen LogP contribution in [0.5, 0.6) is 0 Å². The van der Waals surface area contributed by atoms with E-state index in [2.05, 4.69) is 11.8 Å². The Kier molecular flexibility index (Phi) is 1.16. The van der Waals surface area contributed by atoms with Gasteiger partial charge in [0.15, 0.2) is 0 Å². The molecule has 1 aliphatic carbocycles. The average Bonchev–Trinajstić information content (AvgIpc) is 2.42. The van der Waals surface area contributed by atoms with Crippen LogP contribution >= 0.6 is 0 Å². The molecule has 62 valence electrons. The zero-order valence-electron chi connectivity index (χ0n) is 6.99. The quantitative estimate of drug-likeness (QED) is 0.546. The fourth-order valence-electron chi connectivity index (χ4n) is 2.59. The van der Waals surface area contributed by atoms with Crippen LogP contribution in [0.1, 0.15) is 6.92 Å². The summed E-state index contributed by atoms with van der Waals surface area (Å²) in [5, 5.41) is 0. The number of ether oxygens (including phenoxy) is 1. The zero-order chi connectivity index (χ0) is 7.42. The molecule has 0 bridgehead atoms. The molecule has 0 radical (unpaired) electrons. The third-order valence-electron chi connectivity index (χ3n) is 3.79. The van der Waals surface area contributed by atoms with Gasteiger partial charge in [-0.05, 0) is 17.8 Å². The van der Waals surface area contributed by atoms with Crippen LogP contribution < -0.4 is 0 Å². The molecule has 0 aromatic rings. The molecule has 3 atom stereocenters. The lowest BCUT2D eigenvalue weighted by Crippen LogP contribution is -2.48. The van der Waals surface area contributed by atoms with Crippen LogP contribution in [0.3, 0.4) is 0 Å². The maximum atomic E-state index is 5.18. The first kappa shape index (κ1) is 6.44. The predicted molar refractivity (Wildman–Crippen MR) is 42.3 cm³/mol. The van der Waals surface area contributed by atoms with Crippen molar-refractivity contribution in [2.24, 2.45) is 17.8 Å². The Hall–Kier alpha value is -0.0800. The standard InChI is InChI=1S/C9H15NO/c1-6-8-2-10(3-9(6)8)7-4-11-5-7/h6-9H,2-5H2,1H3/t6-,8-,9?/m1/s1. The van der Waals surface area contributed by atoms with Crippen molar-refractivity contribution in [3.8, 4) is 0 Å². The van der Waals surface area contributed by atoms with E-state index < -0.39 is 0 Å². The second kappa shape index (κ2) is 1.99. The third kappa shape index (κ3) is 0.798. The van der Waals surface area contributed by atoms with E-state index in [4.69, 9.17) is 4.74 Å². The van der Waals surface area contributed by atoms with Crippen molar-refractivity contribution in [1.29, 1.82) is 0 Å². The molecule has 0 aromatic heterocycles. The Morgan fingerprint density at radius 3 is 2.27 bits per heavy atom.